The molecular weight excluding hydrogens is 420 g/mol. The molecule has 0 aromatic carbocycles. The summed E-state index contributed by atoms with van der Waals surface area (Å²) in [4.78, 5) is 22.4. The standard InChI is InChI=1S/C6H4BrN3.C3H3BrO2.C3H5N3/c7-5-3-8-6-1-2-9-10(6)4-5;4-3(1-5)2-6;4-3-1-2-5-6-3/h1-4H;1-3H;1-2H,(H3,4,5,6). The normalized spacial score (nSPS) is 9.41. The van der Waals surface area contributed by atoms with E-state index < -0.39 is 4.83 Å². The summed E-state index contributed by atoms with van der Waals surface area (Å²) >= 11 is 6.03. The molecule has 0 saturated heterocycles. The average molecular weight is 432 g/mol. The van der Waals surface area contributed by atoms with Gasteiger partial charge in [0.15, 0.2) is 5.65 Å². The van der Waals surface area contributed by atoms with E-state index in [9.17, 15) is 9.59 Å². The number of hydrogen-bond acceptors (Lipinski definition) is 6. The van der Waals surface area contributed by atoms with Gasteiger partial charge in [-0.25, -0.2) is 9.50 Å². The Kier molecular flexibility index (Phi) is 8.00. The van der Waals surface area contributed by atoms with Crippen LogP contribution in [0.15, 0.2) is 41.4 Å². The topological polar surface area (TPSA) is 119 Å². The second kappa shape index (κ2) is 9.79. The van der Waals surface area contributed by atoms with Crippen LogP contribution in [0.25, 0.3) is 5.65 Å². The first kappa shape index (κ1) is 18.0. The van der Waals surface area contributed by atoms with Gasteiger partial charge in [-0.1, -0.05) is 15.9 Å². The molecule has 10 heteroatoms. The van der Waals surface area contributed by atoms with Crippen molar-refractivity contribution in [1.82, 2.24) is 24.8 Å². The van der Waals surface area contributed by atoms with Crippen molar-refractivity contribution in [3.8, 4) is 0 Å². The molecule has 3 rings (SSSR count). The molecule has 0 spiro atoms. The van der Waals surface area contributed by atoms with Crippen molar-refractivity contribution in [2.45, 2.75) is 4.83 Å². The van der Waals surface area contributed by atoms with Crippen LogP contribution in [-0.2, 0) is 9.59 Å². The fraction of sp³-hybridized carbons (Fsp3) is 0.0833. The van der Waals surface area contributed by atoms with Crippen molar-refractivity contribution in [2.75, 3.05) is 5.73 Å². The van der Waals surface area contributed by atoms with E-state index in [1.54, 1.807) is 29.2 Å². The molecule has 3 aromatic rings. The average Bonchev–Trinajstić information content (AvgIpc) is 3.18. The number of aromatic amines is 1. The highest BCUT2D eigenvalue weighted by atomic mass is 79.9. The molecule has 0 unspecified atom stereocenters. The summed E-state index contributed by atoms with van der Waals surface area (Å²) in [5.41, 5.74) is 6.02. The van der Waals surface area contributed by atoms with Crippen LogP contribution >= 0.6 is 31.9 Å². The van der Waals surface area contributed by atoms with E-state index in [-0.39, 0.29) is 0 Å². The second-order valence-corrected chi connectivity index (χ2v) is 5.61. The number of nitrogen functional groups attached to an aromatic ring is 1. The third-order valence-corrected chi connectivity index (χ3v) is 2.84. The summed E-state index contributed by atoms with van der Waals surface area (Å²) in [5, 5.41) is 10.1. The van der Waals surface area contributed by atoms with Crippen molar-refractivity contribution in [2.24, 2.45) is 0 Å². The van der Waals surface area contributed by atoms with Crippen molar-refractivity contribution in [1.29, 1.82) is 0 Å². The van der Waals surface area contributed by atoms with Crippen molar-refractivity contribution < 1.29 is 9.59 Å². The van der Waals surface area contributed by atoms with Crippen LogP contribution in [0.1, 0.15) is 0 Å². The predicted octanol–water partition coefficient (Wildman–Crippen LogP) is 1.63. The number of carbonyl (C=O) groups excluding carboxylic acids is 2. The van der Waals surface area contributed by atoms with Gasteiger partial charge in [0.25, 0.3) is 0 Å². The first-order valence-corrected chi connectivity index (χ1v) is 7.52. The summed E-state index contributed by atoms with van der Waals surface area (Å²) in [5.74, 6) is 0.606. The van der Waals surface area contributed by atoms with Gasteiger partial charge in [-0.05, 0) is 22.0 Å². The molecule has 22 heavy (non-hydrogen) atoms. The largest absolute Gasteiger partial charge is 0.384 e. The molecule has 8 nitrogen and oxygen atoms in total. The molecule has 0 aliphatic rings. The minimum Gasteiger partial charge on any atom is -0.384 e. The zero-order valence-electron chi connectivity index (χ0n) is 11.1. The maximum absolute atomic E-state index is 9.46. The van der Waals surface area contributed by atoms with Crippen LogP contribution < -0.4 is 5.73 Å². The Morgan fingerprint density at radius 3 is 2.45 bits per heavy atom. The van der Waals surface area contributed by atoms with Crippen LogP contribution in [0.4, 0.5) is 5.82 Å². The van der Waals surface area contributed by atoms with Crippen molar-refractivity contribution >= 4 is 55.9 Å². The number of nitrogens with two attached hydrogens (primary N) is 1. The van der Waals surface area contributed by atoms with Gasteiger partial charge in [-0.15, -0.1) is 0 Å². The summed E-state index contributed by atoms with van der Waals surface area (Å²) in [6.45, 7) is 0. The number of fused-ring (bicyclic) bond motifs is 1. The number of carbonyl (C=O) groups is 2. The van der Waals surface area contributed by atoms with E-state index in [2.05, 4.69) is 52.1 Å². The lowest BCUT2D eigenvalue weighted by Gasteiger charge is -1.90. The first-order valence-electron chi connectivity index (χ1n) is 5.81. The van der Waals surface area contributed by atoms with Gasteiger partial charge in [0.2, 0.25) is 0 Å². The predicted molar refractivity (Wildman–Crippen MR) is 88.5 cm³/mol. The third-order valence-electron chi connectivity index (χ3n) is 2.00. The van der Waals surface area contributed by atoms with Crippen LogP contribution in [0.5, 0.6) is 0 Å². The maximum Gasteiger partial charge on any atom is 0.154 e. The lowest BCUT2D eigenvalue weighted by atomic mass is 10.5. The Hall–Kier alpha value is -2.07. The van der Waals surface area contributed by atoms with Gasteiger partial charge in [0.05, 0.1) is 16.9 Å². The highest BCUT2D eigenvalue weighted by molar-refractivity contribution is 9.10. The number of alkyl halides is 1. The molecular formula is C12H12Br2N6O2. The first-order chi connectivity index (χ1) is 10.6. The van der Waals surface area contributed by atoms with Gasteiger partial charge in [-0.3, -0.25) is 5.10 Å². The van der Waals surface area contributed by atoms with Crippen molar-refractivity contribution in [3.05, 3.63) is 41.4 Å². The van der Waals surface area contributed by atoms with E-state index in [0.29, 0.717) is 18.4 Å². The van der Waals surface area contributed by atoms with Crippen molar-refractivity contribution in [3.63, 3.8) is 0 Å². The highest BCUT2D eigenvalue weighted by Gasteiger charge is 1.93. The number of H-pyrrole nitrogens is 1. The molecule has 116 valence electrons. The third kappa shape index (κ3) is 6.59. The molecule has 3 heterocycles. The molecule has 0 fully saturated rings. The molecule has 3 aromatic heterocycles. The summed E-state index contributed by atoms with van der Waals surface area (Å²) in [6, 6.07) is 3.55. The van der Waals surface area contributed by atoms with Gasteiger partial charge >= 0.3 is 0 Å². The number of halogens is 2. The smallest absolute Gasteiger partial charge is 0.154 e. The van der Waals surface area contributed by atoms with Crippen LogP contribution in [0.2, 0.25) is 0 Å². The zero-order valence-corrected chi connectivity index (χ0v) is 14.3. The van der Waals surface area contributed by atoms with Gasteiger partial charge in [0.1, 0.15) is 23.2 Å². The lowest BCUT2D eigenvalue weighted by Crippen LogP contribution is -1.97. The lowest BCUT2D eigenvalue weighted by molar-refractivity contribution is -0.113. The number of nitrogens with one attached hydrogen (secondary N) is 1. The highest BCUT2D eigenvalue weighted by Crippen LogP contribution is 2.07. The van der Waals surface area contributed by atoms with Crippen LogP contribution in [0, 0.1) is 0 Å². The van der Waals surface area contributed by atoms with E-state index >= 15 is 0 Å². The maximum atomic E-state index is 9.46. The van der Waals surface area contributed by atoms with E-state index in [1.165, 1.54) is 0 Å². The van der Waals surface area contributed by atoms with E-state index in [1.807, 2.05) is 12.3 Å². The molecule has 0 aliphatic carbocycles. The SMILES string of the molecule is Brc1cnc2ccnn2c1.Nc1ccn[nH]1.O=CC(Br)C=O. The minimum absolute atomic E-state index is 0.521. The Labute approximate surface area is 142 Å². The second-order valence-electron chi connectivity index (χ2n) is 3.63. The Morgan fingerprint density at radius 1 is 1.27 bits per heavy atom. The van der Waals surface area contributed by atoms with Gasteiger partial charge in [-0.2, -0.15) is 10.2 Å². The fourth-order valence-electron chi connectivity index (χ4n) is 1.09. The summed E-state index contributed by atoms with van der Waals surface area (Å²) in [7, 11) is 0. The number of anilines is 1. The molecule has 0 radical (unpaired) electrons. The Balaban J connectivity index is 0.000000176. The number of aldehydes is 2. The number of rotatable bonds is 2. The quantitative estimate of drug-likeness (QED) is 0.361. The minimum atomic E-state index is -0.613. The number of hydrogen-bond donors (Lipinski definition) is 2. The molecule has 3 N–H and O–H groups in total. The van der Waals surface area contributed by atoms with Gasteiger partial charge < -0.3 is 15.3 Å². The molecule has 0 amide bonds. The summed E-state index contributed by atoms with van der Waals surface area (Å²) in [6.07, 6.45) is 7.98. The van der Waals surface area contributed by atoms with E-state index in [4.69, 9.17) is 5.73 Å². The molecule has 0 aliphatic heterocycles. The van der Waals surface area contributed by atoms with Crippen LogP contribution in [0.3, 0.4) is 0 Å². The zero-order chi connectivity index (χ0) is 16.4. The Bertz CT molecular complexity index is 693. The van der Waals surface area contributed by atoms with E-state index in [0.717, 1.165) is 10.1 Å². The monoisotopic (exact) mass is 430 g/mol. The van der Waals surface area contributed by atoms with Crippen LogP contribution in [-0.4, -0.2) is 42.2 Å². The molecule has 0 saturated carbocycles. The summed E-state index contributed by atoms with van der Waals surface area (Å²) < 4.78 is 2.65. The molecule has 0 atom stereocenters. The fourth-order valence-corrected chi connectivity index (χ4v) is 1.38. The number of nitrogens with zero attached hydrogens (tertiary/aromatic N) is 4. The Morgan fingerprint density at radius 2 is 2.00 bits per heavy atom. The van der Waals surface area contributed by atoms with Gasteiger partial charge in [0, 0.05) is 18.5 Å². The number of aromatic nitrogens is 5. The molecule has 0 bridgehead atoms.